The molecule has 0 heterocycles. The zero-order valence-corrected chi connectivity index (χ0v) is 11.4. The van der Waals surface area contributed by atoms with Gasteiger partial charge in [-0.2, -0.15) is 0 Å². The first-order valence-electron chi connectivity index (χ1n) is 6.46. The lowest BCUT2D eigenvalue weighted by molar-refractivity contribution is 0.0939. The van der Waals surface area contributed by atoms with E-state index in [0.717, 1.165) is 5.56 Å². The van der Waals surface area contributed by atoms with Gasteiger partial charge in [0.15, 0.2) is 17.5 Å². The molecule has 0 aliphatic carbocycles. The second-order valence-corrected chi connectivity index (χ2v) is 4.82. The minimum atomic E-state index is -1.58. The van der Waals surface area contributed by atoms with Crippen molar-refractivity contribution in [1.82, 2.24) is 5.32 Å². The molecule has 0 fully saturated rings. The zero-order chi connectivity index (χ0) is 15.4. The number of nitrogens with one attached hydrogen (secondary N) is 1. The van der Waals surface area contributed by atoms with Gasteiger partial charge in [0.05, 0.1) is 0 Å². The molecular formula is C16H14F3NO. The minimum absolute atomic E-state index is 0.226. The van der Waals surface area contributed by atoms with Gasteiger partial charge < -0.3 is 5.32 Å². The molecular weight excluding hydrogens is 279 g/mol. The average Bonchev–Trinajstić information content (AvgIpc) is 2.45. The van der Waals surface area contributed by atoms with E-state index in [-0.39, 0.29) is 11.6 Å². The third-order valence-electron chi connectivity index (χ3n) is 3.01. The summed E-state index contributed by atoms with van der Waals surface area (Å²) in [5.74, 6) is -4.98. The second kappa shape index (κ2) is 6.43. The Morgan fingerprint density at radius 3 is 2.24 bits per heavy atom. The fourth-order valence-electron chi connectivity index (χ4n) is 2.01. The summed E-state index contributed by atoms with van der Waals surface area (Å²) in [5.41, 5.74) is 0.785. The lowest BCUT2D eigenvalue weighted by Gasteiger charge is -2.14. The molecule has 0 saturated carbocycles. The Balaban J connectivity index is 2.04. The van der Waals surface area contributed by atoms with Crippen molar-refractivity contribution >= 4 is 5.91 Å². The van der Waals surface area contributed by atoms with Crippen molar-refractivity contribution in [2.24, 2.45) is 0 Å². The van der Waals surface area contributed by atoms with E-state index >= 15 is 0 Å². The van der Waals surface area contributed by atoms with E-state index in [4.69, 9.17) is 0 Å². The Kier molecular flexibility index (Phi) is 4.62. The van der Waals surface area contributed by atoms with Gasteiger partial charge in [0, 0.05) is 11.6 Å². The van der Waals surface area contributed by atoms with Gasteiger partial charge in [-0.25, -0.2) is 13.2 Å². The highest BCUT2D eigenvalue weighted by Crippen LogP contribution is 2.14. The maximum Gasteiger partial charge on any atom is 0.251 e. The first-order chi connectivity index (χ1) is 9.97. The minimum Gasteiger partial charge on any atom is -0.349 e. The fourth-order valence-corrected chi connectivity index (χ4v) is 2.01. The van der Waals surface area contributed by atoms with E-state index in [0.29, 0.717) is 18.6 Å². The number of benzene rings is 2. The van der Waals surface area contributed by atoms with Crippen LogP contribution in [0.15, 0.2) is 42.5 Å². The Labute approximate surface area is 120 Å². The number of halogens is 3. The molecule has 0 bridgehead atoms. The largest absolute Gasteiger partial charge is 0.349 e. The molecule has 1 amide bonds. The molecule has 5 heteroatoms. The molecule has 0 radical (unpaired) electrons. The van der Waals surface area contributed by atoms with Crippen molar-refractivity contribution in [2.75, 3.05) is 0 Å². The molecule has 1 unspecified atom stereocenters. The van der Waals surface area contributed by atoms with E-state index in [2.05, 4.69) is 5.32 Å². The predicted octanol–water partition coefficient (Wildman–Crippen LogP) is 3.46. The normalized spacial score (nSPS) is 12.0. The third-order valence-corrected chi connectivity index (χ3v) is 3.01. The van der Waals surface area contributed by atoms with Gasteiger partial charge in [-0.15, -0.1) is 0 Å². The van der Waals surface area contributed by atoms with Gasteiger partial charge in [-0.1, -0.05) is 30.3 Å². The molecule has 1 atom stereocenters. The lowest BCUT2D eigenvalue weighted by Crippen LogP contribution is -2.34. The molecule has 110 valence electrons. The number of amides is 1. The number of hydrogen-bond donors (Lipinski definition) is 1. The van der Waals surface area contributed by atoms with Crippen LogP contribution in [0.25, 0.3) is 0 Å². The summed E-state index contributed by atoms with van der Waals surface area (Å²) in [4.78, 5) is 11.9. The highest BCUT2D eigenvalue weighted by molar-refractivity contribution is 5.94. The summed E-state index contributed by atoms with van der Waals surface area (Å²) in [5, 5.41) is 2.62. The van der Waals surface area contributed by atoms with Crippen molar-refractivity contribution < 1.29 is 18.0 Å². The molecule has 0 spiro atoms. The number of carbonyl (C=O) groups excluding carboxylic acids is 1. The van der Waals surface area contributed by atoms with Gasteiger partial charge in [-0.05, 0) is 31.0 Å². The Bertz CT molecular complexity index is 620. The highest BCUT2D eigenvalue weighted by atomic mass is 19.2. The monoisotopic (exact) mass is 293 g/mol. The molecule has 0 aromatic heterocycles. The molecule has 0 aliphatic rings. The first kappa shape index (κ1) is 15.1. The summed E-state index contributed by atoms with van der Waals surface area (Å²) in [6.07, 6.45) is 0.582. The van der Waals surface area contributed by atoms with E-state index in [1.165, 1.54) is 0 Å². The van der Waals surface area contributed by atoms with Gasteiger partial charge in [-0.3, -0.25) is 4.79 Å². The standard InChI is InChI=1S/C16H14F3NO/c1-10(7-11-5-3-2-4-6-11)20-16(21)12-8-13(17)15(19)14(18)9-12/h2-6,8-10H,7H2,1H3,(H,20,21). The highest BCUT2D eigenvalue weighted by Gasteiger charge is 2.16. The van der Waals surface area contributed by atoms with E-state index in [9.17, 15) is 18.0 Å². The molecule has 2 nitrogen and oxygen atoms in total. The van der Waals surface area contributed by atoms with Crippen molar-refractivity contribution in [3.8, 4) is 0 Å². The van der Waals surface area contributed by atoms with Crippen LogP contribution in [0.1, 0.15) is 22.8 Å². The molecule has 2 aromatic carbocycles. The quantitative estimate of drug-likeness (QED) is 0.859. The van der Waals surface area contributed by atoms with Crippen LogP contribution in [0.5, 0.6) is 0 Å². The van der Waals surface area contributed by atoms with Gasteiger partial charge >= 0.3 is 0 Å². The maximum atomic E-state index is 13.1. The molecule has 2 aromatic rings. The number of hydrogen-bond acceptors (Lipinski definition) is 1. The van der Waals surface area contributed by atoms with E-state index < -0.39 is 23.4 Å². The van der Waals surface area contributed by atoms with Gasteiger partial charge in [0.25, 0.3) is 5.91 Å². The van der Waals surface area contributed by atoms with Crippen LogP contribution in [-0.2, 0) is 6.42 Å². The Morgan fingerprint density at radius 1 is 1.10 bits per heavy atom. The summed E-state index contributed by atoms with van der Waals surface area (Å²) >= 11 is 0. The van der Waals surface area contributed by atoms with Crippen LogP contribution in [0, 0.1) is 17.5 Å². The fraction of sp³-hybridized carbons (Fsp3) is 0.188. The summed E-state index contributed by atoms with van der Waals surface area (Å²) in [6.45, 7) is 1.78. The maximum absolute atomic E-state index is 13.1. The van der Waals surface area contributed by atoms with Crippen LogP contribution in [0.3, 0.4) is 0 Å². The predicted molar refractivity (Wildman–Crippen MR) is 73.4 cm³/mol. The molecule has 1 N–H and O–H groups in total. The van der Waals surface area contributed by atoms with Crippen molar-refractivity contribution in [3.63, 3.8) is 0 Å². The Hall–Kier alpha value is -2.30. The second-order valence-electron chi connectivity index (χ2n) is 4.82. The zero-order valence-electron chi connectivity index (χ0n) is 11.4. The van der Waals surface area contributed by atoms with Gasteiger partial charge in [0.1, 0.15) is 0 Å². The first-order valence-corrected chi connectivity index (χ1v) is 6.46. The average molecular weight is 293 g/mol. The smallest absolute Gasteiger partial charge is 0.251 e. The van der Waals surface area contributed by atoms with Crippen molar-refractivity contribution in [1.29, 1.82) is 0 Å². The Morgan fingerprint density at radius 2 is 1.67 bits per heavy atom. The number of rotatable bonds is 4. The molecule has 0 saturated heterocycles. The third kappa shape index (κ3) is 3.84. The van der Waals surface area contributed by atoms with Crippen LogP contribution < -0.4 is 5.32 Å². The molecule has 0 aliphatic heterocycles. The van der Waals surface area contributed by atoms with Crippen molar-refractivity contribution in [3.05, 3.63) is 71.0 Å². The van der Waals surface area contributed by atoms with Crippen LogP contribution in [0.2, 0.25) is 0 Å². The molecule has 21 heavy (non-hydrogen) atoms. The van der Waals surface area contributed by atoms with E-state index in [1.807, 2.05) is 30.3 Å². The van der Waals surface area contributed by atoms with Crippen LogP contribution >= 0.6 is 0 Å². The van der Waals surface area contributed by atoms with Gasteiger partial charge in [0.2, 0.25) is 0 Å². The van der Waals surface area contributed by atoms with Crippen LogP contribution in [-0.4, -0.2) is 11.9 Å². The van der Waals surface area contributed by atoms with Crippen molar-refractivity contribution in [2.45, 2.75) is 19.4 Å². The lowest BCUT2D eigenvalue weighted by atomic mass is 10.1. The van der Waals surface area contributed by atoms with E-state index in [1.54, 1.807) is 6.92 Å². The number of carbonyl (C=O) groups is 1. The summed E-state index contributed by atoms with van der Waals surface area (Å²) in [6, 6.07) is 10.6. The summed E-state index contributed by atoms with van der Waals surface area (Å²) in [7, 11) is 0. The summed E-state index contributed by atoms with van der Waals surface area (Å²) < 4.78 is 39.0. The molecule has 2 rings (SSSR count). The SMILES string of the molecule is CC(Cc1ccccc1)NC(=O)c1cc(F)c(F)c(F)c1. The van der Waals surface area contributed by atoms with Crippen LogP contribution in [0.4, 0.5) is 13.2 Å². The topological polar surface area (TPSA) is 29.1 Å².